The Hall–Kier alpha value is -1.75. The Balaban J connectivity index is 1.85. The zero-order valence-electron chi connectivity index (χ0n) is 13.0. The normalized spacial score (nSPS) is 17.6. The zero-order chi connectivity index (χ0) is 15.4. The lowest BCUT2D eigenvalue weighted by Crippen LogP contribution is -2.48. The van der Waals surface area contributed by atoms with Gasteiger partial charge >= 0.3 is 6.03 Å². The quantitative estimate of drug-likeness (QED) is 0.897. The Labute approximate surface area is 126 Å². The molecule has 1 aliphatic heterocycles. The van der Waals surface area contributed by atoms with E-state index in [1.165, 1.54) is 0 Å². The van der Waals surface area contributed by atoms with Crippen LogP contribution in [0.2, 0.25) is 0 Å². The number of amides is 2. The molecule has 1 aliphatic rings. The Morgan fingerprint density at radius 2 is 2.05 bits per heavy atom. The van der Waals surface area contributed by atoms with Crippen LogP contribution in [0.3, 0.4) is 0 Å². The van der Waals surface area contributed by atoms with Gasteiger partial charge in [0.25, 0.3) is 0 Å². The SMILES string of the molecule is CC(NC1CCN(C(=O)N(C)C)CC1)c1cccc(O)c1. The van der Waals surface area contributed by atoms with Crippen LogP contribution >= 0.6 is 0 Å². The van der Waals surface area contributed by atoms with Crippen LogP contribution in [-0.2, 0) is 0 Å². The largest absolute Gasteiger partial charge is 0.508 e. The molecule has 1 atom stereocenters. The van der Waals surface area contributed by atoms with Crippen molar-refractivity contribution in [3.8, 4) is 5.75 Å². The summed E-state index contributed by atoms with van der Waals surface area (Å²) in [4.78, 5) is 15.4. The second-order valence-corrected chi connectivity index (χ2v) is 5.92. The maximum atomic E-state index is 11.9. The standard InChI is InChI=1S/C16H25N3O2/c1-12(13-5-4-6-15(20)11-13)17-14-7-9-19(10-8-14)16(21)18(2)3/h4-6,11-12,14,17,20H,7-10H2,1-3H3. The number of nitrogens with one attached hydrogen (secondary N) is 1. The first-order valence-corrected chi connectivity index (χ1v) is 7.48. The van der Waals surface area contributed by atoms with Crippen LogP contribution in [0.25, 0.3) is 0 Å². The topological polar surface area (TPSA) is 55.8 Å². The molecule has 1 unspecified atom stereocenters. The van der Waals surface area contributed by atoms with Crippen molar-refractivity contribution in [2.24, 2.45) is 0 Å². The van der Waals surface area contributed by atoms with Crippen molar-refractivity contribution in [1.29, 1.82) is 0 Å². The van der Waals surface area contributed by atoms with E-state index >= 15 is 0 Å². The lowest BCUT2D eigenvalue weighted by atomic mass is 10.0. The van der Waals surface area contributed by atoms with Crippen LogP contribution in [0.1, 0.15) is 31.4 Å². The van der Waals surface area contributed by atoms with Crippen LogP contribution in [0, 0.1) is 0 Å². The van der Waals surface area contributed by atoms with Crippen molar-refractivity contribution in [2.75, 3.05) is 27.2 Å². The number of urea groups is 1. The highest BCUT2D eigenvalue weighted by atomic mass is 16.3. The minimum atomic E-state index is 0.0921. The van der Waals surface area contributed by atoms with Crippen molar-refractivity contribution in [1.82, 2.24) is 15.1 Å². The molecule has 0 bridgehead atoms. The van der Waals surface area contributed by atoms with Crippen LogP contribution in [0.15, 0.2) is 24.3 Å². The van der Waals surface area contributed by atoms with E-state index in [9.17, 15) is 9.90 Å². The van der Waals surface area contributed by atoms with Gasteiger partial charge < -0.3 is 20.2 Å². The van der Waals surface area contributed by atoms with E-state index in [2.05, 4.69) is 12.2 Å². The van der Waals surface area contributed by atoms with Gasteiger partial charge in [0.15, 0.2) is 0 Å². The molecule has 1 fully saturated rings. The second-order valence-electron chi connectivity index (χ2n) is 5.92. The summed E-state index contributed by atoms with van der Waals surface area (Å²) in [5.74, 6) is 0.299. The smallest absolute Gasteiger partial charge is 0.319 e. The number of rotatable bonds is 3. The Bertz CT molecular complexity index is 482. The number of piperidine rings is 1. The molecule has 2 N–H and O–H groups in total. The number of likely N-dealkylation sites (tertiary alicyclic amines) is 1. The number of aromatic hydroxyl groups is 1. The van der Waals surface area contributed by atoms with Gasteiger partial charge in [-0.15, -0.1) is 0 Å². The highest BCUT2D eigenvalue weighted by Crippen LogP contribution is 2.20. The monoisotopic (exact) mass is 291 g/mol. The van der Waals surface area contributed by atoms with E-state index in [4.69, 9.17) is 0 Å². The van der Waals surface area contributed by atoms with Crippen molar-refractivity contribution < 1.29 is 9.90 Å². The summed E-state index contributed by atoms with van der Waals surface area (Å²) in [5.41, 5.74) is 1.08. The molecule has 21 heavy (non-hydrogen) atoms. The summed E-state index contributed by atoms with van der Waals surface area (Å²) < 4.78 is 0. The molecular weight excluding hydrogens is 266 g/mol. The maximum Gasteiger partial charge on any atom is 0.319 e. The van der Waals surface area contributed by atoms with Gasteiger partial charge in [-0.25, -0.2) is 4.79 Å². The first-order valence-electron chi connectivity index (χ1n) is 7.48. The molecule has 0 aromatic heterocycles. The third kappa shape index (κ3) is 4.11. The van der Waals surface area contributed by atoms with Crippen LogP contribution < -0.4 is 5.32 Å². The molecule has 2 rings (SSSR count). The van der Waals surface area contributed by atoms with Gasteiger partial charge in [0.05, 0.1) is 0 Å². The fraction of sp³-hybridized carbons (Fsp3) is 0.562. The number of carbonyl (C=O) groups is 1. The number of nitrogens with zero attached hydrogens (tertiary/aromatic N) is 2. The molecule has 5 heteroatoms. The van der Waals surface area contributed by atoms with Gasteiger partial charge in [-0.2, -0.15) is 0 Å². The molecule has 116 valence electrons. The second kappa shape index (κ2) is 6.80. The number of carbonyl (C=O) groups excluding carboxylic acids is 1. The molecule has 1 aromatic rings. The Morgan fingerprint density at radius 3 is 2.62 bits per heavy atom. The average molecular weight is 291 g/mol. The lowest BCUT2D eigenvalue weighted by Gasteiger charge is -2.35. The van der Waals surface area contributed by atoms with E-state index in [1.807, 2.05) is 17.0 Å². The first-order chi connectivity index (χ1) is 9.97. The van der Waals surface area contributed by atoms with E-state index in [0.717, 1.165) is 31.5 Å². The molecule has 0 aliphatic carbocycles. The summed E-state index contributed by atoms with van der Waals surface area (Å²) in [7, 11) is 3.58. The van der Waals surface area contributed by atoms with Crippen molar-refractivity contribution in [3.63, 3.8) is 0 Å². The highest BCUT2D eigenvalue weighted by Gasteiger charge is 2.24. The average Bonchev–Trinajstić information content (AvgIpc) is 2.47. The predicted molar refractivity (Wildman–Crippen MR) is 83.3 cm³/mol. The lowest BCUT2D eigenvalue weighted by molar-refractivity contribution is 0.151. The molecule has 1 heterocycles. The Kier molecular flexibility index (Phi) is 5.07. The highest BCUT2D eigenvalue weighted by molar-refractivity contribution is 5.73. The van der Waals surface area contributed by atoms with E-state index in [1.54, 1.807) is 31.1 Å². The molecule has 1 aromatic carbocycles. The zero-order valence-corrected chi connectivity index (χ0v) is 13.0. The summed E-state index contributed by atoms with van der Waals surface area (Å²) in [5, 5.41) is 13.1. The fourth-order valence-electron chi connectivity index (χ4n) is 2.76. The Morgan fingerprint density at radius 1 is 1.38 bits per heavy atom. The van der Waals surface area contributed by atoms with Crippen molar-refractivity contribution in [2.45, 2.75) is 31.8 Å². The van der Waals surface area contributed by atoms with Crippen LogP contribution in [0.4, 0.5) is 4.79 Å². The molecule has 0 radical (unpaired) electrons. The number of benzene rings is 1. The molecular formula is C16H25N3O2. The van der Waals surface area contributed by atoms with Gasteiger partial charge in [-0.1, -0.05) is 12.1 Å². The van der Waals surface area contributed by atoms with Crippen LogP contribution in [0.5, 0.6) is 5.75 Å². The molecule has 2 amide bonds. The van der Waals surface area contributed by atoms with Gasteiger partial charge in [0.1, 0.15) is 5.75 Å². The van der Waals surface area contributed by atoms with Crippen molar-refractivity contribution >= 4 is 6.03 Å². The van der Waals surface area contributed by atoms with E-state index < -0.39 is 0 Å². The third-order valence-corrected chi connectivity index (χ3v) is 4.00. The van der Waals surface area contributed by atoms with Gasteiger partial charge in [0, 0.05) is 39.3 Å². The fourth-order valence-corrected chi connectivity index (χ4v) is 2.76. The summed E-state index contributed by atoms with van der Waals surface area (Å²) in [6.07, 6.45) is 1.92. The third-order valence-electron chi connectivity index (χ3n) is 4.00. The predicted octanol–water partition coefficient (Wildman–Crippen LogP) is 2.19. The summed E-state index contributed by atoms with van der Waals surface area (Å²) in [6, 6.07) is 8.05. The molecule has 0 saturated carbocycles. The number of hydrogen-bond donors (Lipinski definition) is 2. The van der Waals surface area contributed by atoms with Crippen molar-refractivity contribution in [3.05, 3.63) is 29.8 Å². The minimum absolute atomic E-state index is 0.0921. The summed E-state index contributed by atoms with van der Waals surface area (Å²) in [6.45, 7) is 3.69. The van der Waals surface area contributed by atoms with Crippen LogP contribution in [-0.4, -0.2) is 54.2 Å². The first kappa shape index (κ1) is 15.6. The van der Waals surface area contributed by atoms with Gasteiger partial charge in [0.2, 0.25) is 0 Å². The van der Waals surface area contributed by atoms with E-state index in [-0.39, 0.29) is 12.1 Å². The number of hydrogen-bond acceptors (Lipinski definition) is 3. The minimum Gasteiger partial charge on any atom is -0.508 e. The summed E-state index contributed by atoms with van der Waals surface area (Å²) >= 11 is 0. The van der Waals surface area contributed by atoms with E-state index in [0.29, 0.717) is 11.8 Å². The number of phenols is 1. The molecule has 0 spiro atoms. The van der Waals surface area contributed by atoms with Gasteiger partial charge in [-0.05, 0) is 37.5 Å². The molecule has 5 nitrogen and oxygen atoms in total. The van der Waals surface area contributed by atoms with Gasteiger partial charge in [-0.3, -0.25) is 0 Å². The molecule has 1 saturated heterocycles. The number of phenolic OH excluding ortho intramolecular Hbond substituents is 1. The maximum absolute atomic E-state index is 11.9.